The quantitative estimate of drug-likeness (QED) is 0.588. The van der Waals surface area contributed by atoms with Gasteiger partial charge in [0.05, 0.1) is 18.8 Å². The summed E-state index contributed by atoms with van der Waals surface area (Å²) in [5.74, 6) is 0.757. The number of methoxy groups -OCH3 is 1. The third-order valence-electron chi connectivity index (χ3n) is 5.79. The summed E-state index contributed by atoms with van der Waals surface area (Å²) in [6, 6.07) is 19.1. The number of nitrogens with one attached hydrogen (secondary N) is 1. The summed E-state index contributed by atoms with van der Waals surface area (Å²) in [6.45, 7) is 3.97. The van der Waals surface area contributed by atoms with Gasteiger partial charge in [0, 0.05) is 55.7 Å². The average molecular weight is 451 g/mol. The average Bonchev–Trinajstić information content (AvgIpc) is 2.85. The third-order valence-corrected chi connectivity index (χ3v) is 6.03. The van der Waals surface area contributed by atoms with Gasteiger partial charge in [-0.15, -0.1) is 0 Å². The van der Waals surface area contributed by atoms with E-state index in [4.69, 9.17) is 16.3 Å². The zero-order valence-electron chi connectivity index (χ0n) is 18.1. The first-order chi connectivity index (χ1) is 15.7. The highest BCUT2D eigenvalue weighted by atomic mass is 35.5. The summed E-state index contributed by atoms with van der Waals surface area (Å²) in [5, 5.41) is 3.63. The van der Waals surface area contributed by atoms with Gasteiger partial charge in [0.2, 0.25) is 0 Å². The Hall–Kier alpha value is -3.09. The fraction of sp³-hybridized carbons (Fsp3) is 0.280. The van der Waals surface area contributed by atoms with Crippen molar-refractivity contribution in [3.63, 3.8) is 0 Å². The molecular formula is C25H27ClN4O2. The zero-order valence-corrected chi connectivity index (χ0v) is 18.8. The molecule has 6 nitrogen and oxygen atoms in total. The maximum atomic E-state index is 12.7. The number of piperazine rings is 1. The molecule has 1 amide bonds. The van der Waals surface area contributed by atoms with Crippen LogP contribution in [0, 0.1) is 0 Å². The Bertz CT molecular complexity index is 1040. The fourth-order valence-corrected chi connectivity index (χ4v) is 4.31. The molecule has 2 heterocycles. The van der Waals surface area contributed by atoms with E-state index in [-0.39, 0.29) is 11.9 Å². The van der Waals surface area contributed by atoms with Crippen molar-refractivity contribution in [2.75, 3.05) is 44.7 Å². The molecule has 1 saturated heterocycles. The van der Waals surface area contributed by atoms with Crippen molar-refractivity contribution in [1.82, 2.24) is 15.2 Å². The van der Waals surface area contributed by atoms with Crippen molar-refractivity contribution in [3.05, 3.63) is 89.2 Å². The van der Waals surface area contributed by atoms with Gasteiger partial charge in [0.25, 0.3) is 5.91 Å². The van der Waals surface area contributed by atoms with Gasteiger partial charge in [-0.05, 0) is 42.0 Å². The van der Waals surface area contributed by atoms with Crippen molar-refractivity contribution >= 4 is 23.2 Å². The Kier molecular flexibility index (Phi) is 7.24. The number of anilines is 1. The Morgan fingerprint density at radius 3 is 2.62 bits per heavy atom. The lowest BCUT2D eigenvalue weighted by molar-refractivity contribution is 0.0930. The predicted octanol–water partition coefficient (Wildman–Crippen LogP) is 4.04. The summed E-state index contributed by atoms with van der Waals surface area (Å²) >= 11 is 6.04. The van der Waals surface area contributed by atoms with E-state index in [9.17, 15) is 4.79 Å². The number of hydrogen-bond acceptors (Lipinski definition) is 5. The number of halogens is 1. The minimum Gasteiger partial charge on any atom is -0.495 e. The van der Waals surface area contributed by atoms with Crippen LogP contribution in [0.1, 0.15) is 22.0 Å². The molecule has 2 aromatic carbocycles. The number of ether oxygens (including phenoxy) is 1. The van der Waals surface area contributed by atoms with Crippen molar-refractivity contribution in [2.45, 2.75) is 6.04 Å². The van der Waals surface area contributed by atoms with Gasteiger partial charge in [-0.2, -0.15) is 0 Å². The Morgan fingerprint density at radius 1 is 1.09 bits per heavy atom. The highest BCUT2D eigenvalue weighted by Crippen LogP contribution is 2.30. The number of nitrogens with zero attached hydrogens (tertiary/aromatic N) is 3. The molecule has 1 aliphatic heterocycles. The van der Waals surface area contributed by atoms with Crippen molar-refractivity contribution in [1.29, 1.82) is 0 Å². The van der Waals surface area contributed by atoms with Crippen LogP contribution in [0.15, 0.2) is 73.1 Å². The Morgan fingerprint density at radius 2 is 1.91 bits per heavy atom. The van der Waals surface area contributed by atoms with Gasteiger partial charge in [-0.25, -0.2) is 0 Å². The molecule has 0 radical (unpaired) electrons. The van der Waals surface area contributed by atoms with Gasteiger partial charge in [0.1, 0.15) is 5.75 Å². The molecular weight excluding hydrogens is 424 g/mol. The number of pyridine rings is 1. The second-order valence-electron chi connectivity index (χ2n) is 7.72. The molecule has 32 heavy (non-hydrogen) atoms. The summed E-state index contributed by atoms with van der Waals surface area (Å²) in [5.41, 5.74) is 2.76. The van der Waals surface area contributed by atoms with Gasteiger partial charge in [-0.1, -0.05) is 35.9 Å². The van der Waals surface area contributed by atoms with Crippen LogP contribution in [0.4, 0.5) is 5.69 Å². The molecule has 1 aliphatic rings. The highest BCUT2D eigenvalue weighted by Gasteiger charge is 2.27. The maximum absolute atomic E-state index is 12.7. The first kappa shape index (κ1) is 22.1. The summed E-state index contributed by atoms with van der Waals surface area (Å²) in [7, 11) is 1.70. The Balaban J connectivity index is 1.45. The molecule has 0 aliphatic carbocycles. The van der Waals surface area contributed by atoms with Crippen LogP contribution in [0.25, 0.3) is 0 Å². The molecule has 1 fully saturated rings. The van der Waals surface area contributed by atoms with Gasteiger partial charge >= 0.3 is 0 Å². The normalized spacial score (nSPS) is 15.2. The molecule has 4 rings (SSSR count). The number of aromatic nitrogens is 1. The zero-order chi connectivity index (χ0) is 22.3. The van der Waals surface area contributed by atoms with E-state index in [1.165, 1.54) is 0 Å². The van der Waals surface area contributed by atoms with Crippen LogP contribution in [-0.4, -0.2) is 55.6 Å². The second kappa shape index (κ2) is 10.5. The standard InChI is InChI=1S/C25H27ClN4O2/c1-32-24-10-3-2-9-22(24)29-12-14-30(15-13-29)23(20-7-5-11-27-17-20)18-28-25(31)19-6-4-8-21(26)16-19/h2-11,16-17,23H,12-15,18H2,1H3,(H,28,31)/t23-/m0/s1. The minimum absolute atomic E-state index is 0.0339. The second-order valence-corrected chi connectivity index (χ2v) is 8.15. The minimum atomic E-state index is -0.131. The maximum Gasteiger partial charge on any atom is 0.251 e. The molecule has 0 bridgehead atoms. The van der Waals surface area contributed by atoms with Crippen LogP contribution >= 0.6 is 11.6 Å². The van der Waals surface area contributed by atoms with Crippen molar-refractivity contribution < 1.29 is 9.53 Å². The molecule has 3 aromatic rings. The van der Waals surface area contributed by atoms with E-state index in [0.717, 1.165) is 43.2 Å². The van der Waals surface area contributed by atoms with Gasteiger partial charge in [-0.3, -0.25) is 14.7 Å². The van der Waals surface area contributed by atoms with Crippen LogP contribution in [0.5, 0.6) is 5.75 Å². The monoisotopic (exact) mass is 450 g/mol. The number of hydrogen-bond donors (Lipinski definition) is 1. The van der Waals surface area contributed by atoms with Gasteiger partial charge in [0.15, 0.2) is 0 Å². The molecule has 0 spiro atoms. The molecule has 166 valence electrons. The number of amides is 1. The summed E-state index contributed by atoms with van der Waals surface area (Å²) in [4.78, 5) is 21.7. The lowest BCUT2D eigenvalue weighted by Crippen LogP contribution is -2.50. The first-order valence-electron chi connectivity index (χ1n) is 10.7. The number of rotatable bonds is 7. The molecule has 0 unspecified atom stereocenters. The molecule has 1 N–H and O–H groups in total. The lowest BCUT2D eigenvalue weighted by Gasteiger charge is -2.40. The summed E-state index contributed by atoms with van der Waals surface area (Å²) in [6.07, 6.45) is 3.65. The van der Waals surface area contributed by atoms with E-state index in [1.54, 1.807) is 37.6 Å². The van der Waals surface area contributed by atoms with E-state index in [0.29, 0.717) is 17.1 Å². The number of benzene rings is 2. The number of carbonyl (C=O) groups excluding carboxylic acids is 1. The van der Waals surface area contributed by atoms with Crippen LogP contribution in [0.3, 0.4) is 0 Å². The van der Waals surface area contributed by atoms with E-state index in [1.807, 2.05) is 30.5 Å². The van der Waals surface area contributed by atoms with E-state index >= 15 is 0 Å². The van der Waals surface area contributed by atoms with Crippen LogP contribution in [0.2, 0.25) is 5.02 Å². The largest absolute Gasteiger partial charge is 0.495 e. The fourth-order valence-electron chi connectivity index (χ4n) is 4.12. The topological polar surface area (TPSA) is 57.7 Å². The van der Waals surface area contributed by atoms with Crippen LogP contribution in [-0.2, 0) is 0 Å². The Labute approximate surface area is 193 Å². The molecule has 7 heteroatoms. The molecule has 0 saturated carbocycles. The van der Waals surface area contributed by atoms with Gasteiger partial charge < -0.3 is 15.0 Å². The van der Waals surface area contributed by atoms with E-state index < -0.39 is 0 Å². The first-order valence-corrected chi connectivity index (χ1v) is 11.1. The highest BCUT2D eigenvalue weighted by molar-refractivity contribution is 6.30. The number of carbonyl (C=O) groups is 1. The smallest absolute Gasteiger partial charge is 0.251 e. The summed E-state index contributed by atoms with van der Waals surface area (Å²) < 4.78 is 5.54. The van der Waals surface area contributed by atoms with E-state index in [2.05, 4.69) is 32.2 Å². The number of para-hydroxylation sites is 2. The molecule has 1 atom stereocenters. The molecule has 1 aromatic heterocycles. The SMILES string of the molecule is COc1ccccc1N1CCN([C@@H](CNC(=O)c2cccc(Cl)c2)c2cccnc2)CC1. The lowest BCUT2D eigenvalue weighted by atomic mass is 10.1. The third kappa shape index (κ3) is 5.21. The van der Waals surface area contributed by atoms with Crippen molar-refractivity contribution in [2.24, 2.45) is 0 Å². The van der Waals surface area contributed by atoms with Crippen LogP contribution < -0.4 is 15.0 Å². The predicted molar refractivity (Wildman–Crippen MR) is 128 cm³/mol. The van der Waals surface area contributed by atoms with Crippen molar-refractivity contribution in [3.8, 4) is 5.75 Å².